The van der Waals surface area contributed by atoms with Gasteiger partial charge in [-0.2, -0.15) is 0 Å². The Bertz CT molecular complexity index is 354. The van der Waals surface area contributed by atoms with Gasteiger partial charge in [-0.15, -0.1) is 0 Å². The summed E-state index contributed by atoms with van der Waals surface area (Å²) in [7, 11) is 0. The van der Waals surface area contributed by atoms with Gasteiger partial charge in [0.25, 0.3) is 0 Å². The smallest absolute Gasteiger partial charge is 0.216 e. The first-order valence-electron chi connectivity index (χ1n) is 5.89. The molecule has 0 fully saturated rings. The third-order valence-corrected chi connectivity index (χ3v) is 2.15. The second-order valence-corrected chi connectivity index (χ2v) is 3.80. The lowest BCUT2D eigenvalue weighted by atomic mass is 10.3. The number of rotatable bonds is 7. The molecule has 0 saturated carbocycles. The Hall–Kier alpha value is -1.78. The molecule has 0 aliphatic rings. The summed E-state index contributed by atoms with van der Waals surface area (Å²) in [5, 5.41) is 9.20. The lowest BCUT2D eigenvalue weighted by molar-refractivity contribution is -0.118. The maximum Gasteiger partial charge on any atom is 0.216 e. The third kappa shape index (κ3) is 5.75. The maximum absolute atomic E-state index is 10.7. The highest BCUT2D eigenvalue weighted by molar-refractivity contribution is 5.72. The number of anilines is 2. The van der Waals surface area contributed by atoms with E-state index in [2.05, 4.69) is 27.9 Å². The van der Waals surface area contributed by atoms with E-state index in [9.17, 15) is 4.79 Å². The quantitative estimate of drug-likeness (QED) is 0.627. The lowest BCUT2D eigenvalue weighted by Gasteiger charge is -2.09. The molecule has 1 amide bonds. The zero-order valence-electron chi connectivity index (χ0n) is 10.4. The monoisotopic (exact) mass is 236 g/mol. The molecule has 0 bridgehead atoms. The van der Waals surface area contributed by atoms with Crippen LogP contribution in [0, 0.1) is 0 Å². The minimum absolute atomic E-state index is 0.0108. The van der Waals surface area contributed by atoms with Crippen molar-refractivity contribution in [1.29, 1.82) is 0 Å². The lowest BCUT2D eigenvalue weighted by Crippen LogP contribution is -2.26. The summed E-state index contributed by atoms with van der Waals surface area (Å²) >= 11 is 0. The largest absolute Gasteiger partial charge is 0.384 e. The Morgan fingerprint density at radius 1 is 1.18 bits per heavy atom. The number of pyridine rings is 1. The fourth-order valence-electron chi connectivity index (χ4n) is 1.35. The molecule has 0 unspecified atom stereocenters. The molecule has 17 heavy (non-hydrogen) atoms. The summed E-state index contributed by atoms with van der Waals surface area (Å²) < 4.78 is 0. The van der Waals surface area contributed by atoms with Crippen molar-refractivity contribution in [2.75, 3.05) is 30.3 Å². The van der Waals surface area contributed by atoms with Gasteiger partial charge in [0.1, 0.15) is 0 Å². The zero-order valence-corrected chi connectivity index (χ0v) is 10.4. The van der Waals surface area contributed by atoms with E-state index in [4.69, 9.17) is 0 Å². The Morgan fingerprint density at radius 3 is 2.41 bits per heavy atom. The molecule has 5 heteroatoms. The van der Waals surface area contributed by atoms with Gasteiger partial charge in [0.05, 0.1) is 23.8 Å². The Kier molecular flexibility index (Phi) is 5.85. The van der Waals surface area contributed by atoms with E-state index in [1.54, 1.807) is 12.4 Å². The van der Waals surface area contributed by atoms with E-state index in [1.807, 2.05) is 6.07 Å². The van der Waals surface area contributed by atoms with Crippen LogP contribution in [0.5, 0.6) is 0 Å². The molecule has 0 aromatic carbocycles. The van der Waals surface area contributed by atoms with Crippen molar-refractivity contribution >= 4 is 17.3 Å². The van der Waals surface area contributed by atoms with Crippen molar-refractivity contribution in [3.63, 3.8) is 0 Å². The molecule has 0 radical (unpaired) electrons. The first kappa shape index (κ1) is 13.3. The molecule has 0 aliphatic heterocycles. The van der Waals surface area contributed by atoms with Crippen LogP contribution in [0.15, 0.2) is 18.5 Å². The topological polar surface area (TPSA) is 66.1 Å². The average molecular weight is 236 g/mol. The van der Waals surface area contributed by atoms with E-state index < -0.39 is 0 Å². The highest BCUT2D eigenvalue weighted by Crippen LogP contribution is 2.12. The molecule has 1 aromatic heterocycles. The van der Waals surface area contributed by atoms with Crippen molar-refractivity contribution in [2.24, 2.45) is 0 Å². The molecule has 3 N–H and O–H groups in total. The van der Waals surface area contributed by atoms with E-state index in [0.717, 1.165) is 24.3 Å². The van der Waals surface area contributed by atoms with E-state index in [0.29, 0.717) is 13.1 Å². The summed E-state index contributed by atoms with van der Waals surface area (Å²) in [6.45, 7) is 5.88. The van der Waals surface area contributed by atoms with Gasteiger partial charge in [-0.25, -0.2) is 0 Å². The number of amides is 1. The van der Waals surface area contributed by atoms with Crippen LogP contribution in [0.2, 0.25) is 0 Å². The van der Waals surface area contributed by atoms with Crippen LogP contribution >= 0.6 is 0 Å². The van der Waals surface area contributed by atoms with Gasteiger partial charge < -0.3 is 16.0 Å². The van der Waals surface area contributed by atoms with Gasteiger partial charge in [-0.05, 0) is 12.5 Å². The normalized spacial score (nSPS) is 9.76. The molecule has 1 heterocycles. The number of carbonyl (C=O) groups excluding carboxylic acids is 1. The van der Waals surface area contributed by atoms with Gasteiger partial charge in [0, 0.05) is 26.6 Å². The summed E-state index contributed by atoms with van der Waals surface area (Å²) in [6.07, 6.45) is 4.65. The molecule has 0 aliphatic carbocycles. The minimum atomic E-state index is -0.0108. The van der Waals surface area contributed by atoms with Gasteiger partial charge >= 0.3 is 0 Å². The molecule has 5 nitrogen and oxygen atoms in total. The van der Waals surface area contributed by atoms with Crippen LogP contribution in [0.4, 0.5) is 11.4 Å². The molecule has 1 aromatic rings. The maximum atomic E-state index is 10.7. The number of aromatic nitrogens is 1. The molecular weight excluding hydrogens is 216 g/mol. The van der Waals surface area contributed by atoms with E-state index in [-0.39, 0.29) is 5.91 Å². The van der Waals surface area contributed by atoms with Gasteiger partial charge in [-0.1, -0.05) is 6.92 Å². The van der Waals surface area contributed by atoms with Crippen LogP contribution in [0.25, 0.3) is 0 Å². The predicted molar refractivity (Wildman–Crippen MR) is 70.2 cm³/mol. The first-order valence-corrected chi connectivity index (χ1v) is 5.89. The molecular formula is C12H20N4O. The highest BCUT2D eigenvalue weighted by atomic mass is 16.1. The minimum Gasteiger partial charge on any atom is -0.384 e. The van der Waals surface area contributed by atoms with Crippen molar-refractivity contribution in [3.8, 4) is 0 Å². The molecule has 1 rings (SSSR count). The van der Waals surface area contributed by atoms with Crippen LogP contribution in [-0.2, 0) is 4.79 Å². The van der Waals surface area contributed by atoms with Gasteiger partial charge in [-0.3, -0.25) is 9.78 Å². The third-order valence-electron chi connectivity index (χ3n) is 2.15. The van der Waals surface area contributed by atoms with E-state index >= 15 is 0 Å². The second kappa shape index (κ2) is 7.49. The number of hydrogen-bond acceptors (Lipinski definition) is 4. The number of hydrogen-bond donors (Lipinski definition) is 3. The number of nitrogens with one attached hydrogen (secondary N) is 3. The molecule has 94 valence electrons. The van der Waals surface area contributed by atoms with Gasteiger partial charge in [0.15, 0.2) is 0 Å². The number of nitrogens with zero attached hydrogens (tertiary/aromatic N) is 1. The zero-order chi connectivity index (χ0) is 12.5. The van der Waals surface area contributed by atoms with Crippen molar-refractivity contribution in [1.82, 2.24) is 10.3 Å². The van der Waals surface area contributed by atoms with Crippen molar-refractivity contribution in [3.05, 3.63) is 18.5 Å². The average Bonchev–Trinajstić information content (AvgIpc) is 2.32. The molecule has 0 spiro atoms. The van der Waals surface area contributed by atoms with E-state index in [1.165, 1.54) is 6.92 Å². The number of carbonyl (C=O) groups is 1. The fraction of sp³-hybridized carbons (Fsp3) is 0.500. The van der Waals surface area contributed by atoms with Crippen LogP contribution in [-0.4, -0.2) is 30.5 Å². The highest BCUT2D eigenvalue weighted by Gasteiger charge is 1.96. The molecule has 0 atom stereocenters. The standard InChI is InChI=1S/C12H20N4O/c1-3-4-15-11-7-12(9-13-8-11)16-6-5-14-10(2)17/h7-9,15-16H,3-6H2,1-2H3,(H,14,17). The molecule has 0 saturated heterocycles. The Labute approximate surface area is 102 Å². The van der Waals surface area contributed by atoms with Crippen molar-refractivity contribution < 1.29 is 4.79 Å². The first-order chi connectivity index (χ1) is 8.22. The van der Waals surface area contributed by atoms with Crippen LogP contribution in [0.1, 0.15) is 20.3 Å². The SMILES string of the molecule is CCCNc1cncc(NCCNC(C)=O)c1. The summed E-state index contributed by atoms with van der Waals surface area (Å²) in [5.41, 5.74) is 1.97. The second-order valence-electron chi connectivity index (χ2n) is 3.80. The Balaban J connectivity index is 2.34. The summed E-state index contributed by atoms with van der Waals surface area (Å²) in [6, 6.07) is 2.01. The summed E-state index contributed by atoms with van der Waals surface area (Å²) in [5.74, 6) is -0.0108. The fourth-order valence-corrected chi connectivity index (χ4v) is 1.35. The summed E-state index contributed by atoms with van der Waals surface area (Å²) in [4.78, 5) is 14.8. The predicted octanol–water partition coefficient (Wildman–Crippen LogP) is 1.45. The van der Waals surface area contributed by atoms with Crippen molar-refractivity contribution in [2.45, 2.75) is 20.3 Å². The van der Waals surface area contributed by atoms with Crippen LogP contribution < -0.4 is 16.0 Å². The Morgan fingerprint density at radius 2 is 1.82 bits per heavy atom. The van der Waals surface area contributed by atoms with Gasteiger partial charge in [0.2, 0.25) is 5.91 Å². The van der Waals surface area contributed by atoms with Crippen LogP contribution in [0.3, 0.4) is 0 Å².